The highest BCUT2D eigenvalue weighted by Gasteiger charge is 2.29. The fourth-order valence-corrected chi connectivity index (χ4v) is 1.04. The van der Waals surface area contributed by atoms with Gasteiger partial charge in [-0.1, -0.05) is 0 Å². The van der Waals surface area contributed by atoms with Crippen molar-refractivity contribution in [1.82, 2.24) is 9.97 Å². The van der Waals surface area contributed by atoms with Crippen LogP contribution in [0, 0.1) is 5.82 Å². The van der Waals surface area contributed by atoms with E-state index in [0.717, 1.165) is 6.20 Å². The largest absolute Gasteiger partial charge is 0.394 e. The van der Waals surface area contributed by atoms with Gasteiger partial charge in [0.05, 0.1) is 26.0 Å². The highest BCUT2D eigenvalue weighted by atomic mass is 19.1. The number of nitrogens with zero attached hydrogens (tertiary/aromatic N) is 2. The zero-order chi connectivity index (χ0) is 12.9. The van der Waals surface area contributed by atoms with Crippen molar-refractivity contribution in [1.29, 1.82) is 0 Å². The lowest BCUT2D eigenvalue weighted by Crippen LogP contribution is -2.49. The molecule has 0 aliphatic heterocycles. The molecule has 96 valence electrons. The van der Waals surface area contributed by atoms with E-state index in [-0.39, 0.29) is 11.8 Å². The van der Waals surface area contributed by atoms with E-state index in [0.29, 0.717) is 0 Å². The lowest BCUT2D eigenvalue weighted by atomic mass is 10.0. The van der Waals surface area contributed by atoms with Crippen molar-refractivity contribution in [2.75, 3.05) is 30.6 Å². The molecule has 1 heterocycles. The molecule has 7 N–H and O–H groups in total. The minimum absolute atomic E-state index is 0.0448. The number of halogens is 1. The average molecular weight is 247 g/mol. The first-order chi connectivity index (χ1) is 8.10. The third-order valence-electron chi connectivity index (χ3n) is 2.16. The molecule has 0 bridgehead atoms. The van der Waals surface area contributed by atoms with Crippen LogP contribution in [0.2, 0.25) is 0 Å². The first-order valence-corrected chi connectivity index (χ1v) is 4.70. The molecule has 0 aliphatic rings. The smallest absolute Gasteiger partial charge is 0.239 e. The van der Waals surface area contributed by atoms with Crippen molar-refractivity contribution in [3.63, 3.8) is 0 Å². The molecule has 9 heteroatoms. The van der Waals surface area contributed by atoms with Crippen molar-refractivity contribution in [2.24, 2.45) is 5.84 Å². The van der Waals surface area contributed by atoms with Gasteiger partial charge >= 0.3 is 0 Å². The number of aliphatic hydroxyl groups is 3. The number of nitrogens with two attached hydrogens (primary N) is 1. The van der Waals surface area contributed by atoms with Gasteiger partial charge in [-0.15, -0.1) is 0 Å². The normalized spacial score (nSPS) is 11.4. The molecule has 0 radical (unpaired) electrons. The van der Waals surface area contributed by atoms with E-state index in [1.807, 2.05) is 0 Å². The summed E-state index contributed by atoms with van der Waals surface area (Å²) in [5.41, 5.74) is 0.647. The Kier molecular flexibility index (Phi) is 4.52. The Hall–Kier alpha value is -1.55. The highest BCUT2D eigenvalue weighted by Crippen LogP contribution is 2.17. The Morgan fingerprint density at radius 2 is 1.88 bits per heavy atom. The summed E-state index contributed by atoms with van der Waals surface area (Å²) < 4.78 is 13.3. The maximum atomic E-state index is 13.3. The van der Waals surface area contributed by atoms with Crippen LogP contribution in [0.3, 0.4) is 0 Å². The lowest BCUT2D eigenvalue weighted by Gasteiger charge is -2.29. The first-order valence-electron chi connectivity index (χ1n) is 4.70. The Balaban J connectivity index is 2.99. The van der Waals surface area contributed by atoms with Crippen LogP contribution in [-0.4, -0.2) is 50.6 Å². The zero-order valence-electron chi connectivity index (χ0n) is 8.89. The van der Waals surface area contributed by atoms with Gasteiger partial charge < -0.3 is 20.6 Å². The molecule has 0 atom stereocenters. The maximum absolute atomic E-state index is 13.3. The molecule has 0 unspecified atom stereocenters. The molecule has 1 aromatic heterocycles. The van der Waals surface area contributed by atoms with Crippen LogP contribution in [0.4, 0.5) is 16.2 Å². The van der Waals surface area contributed by atoms with E-state index in [2.05, 4.69) is 20.7 Å². The Morgan fingerprint density at radius 1 is 1.29 bits per heavy atom. The van der Waals surface area contributed by atoms with Crippen molar-refractivity contribution in [3.8, 4) is 0 Å². The lowest BCUT2D eigenvalue weighted by molar-refractivity contribution is 0.0828. The van der Waals surface area contributed by atoms with E-state index in [9.17, 15) is 4.39 Å². The van der Waals surface area contributed by atoms with Crippen LogP contribution in [-0.2, 0) is 0 Å². The van der Waals surface area contributed by atoms with E-state index in [1.165, 1.54) is 0 Å². The minimum Gasteiger partial charge on any atom is -0.394 e. The molecule has 0 amide bonds. The van der Waals surface area contributed by atoms with Gasteiger partial charge in [0, 0.05) is 0 Å². The second kappa shape index (κ2) is 5.68. The first kappa shape index (κ1) is 13.5. The molecule has 0 spiro atoms. The monoisotopic (exact) mass is 247 g/mol. The number of aliphatic hydroxyl groups excluding tert-OH is 3. The molecular weight excluding hydrogens is 233 g/mol. The van der Waals surface area contributed by atoms with Gasteiger partial charge in [-0.25, -0.2) is 15.2 Å². The van der Waals surface area contributed by atoms with Crippen LogP contribution in [0.5, 0.6) is 0 Å². The molecule has 1 rings (SSSR count). The topological polar surface area (TPSA) is 137 Å². The highest BCUT2D eigenvalue weighted by molar-refractivity contribution is 5.43. The maximum Gasteiger partial charge on any atom is 0.239 e. The Morgan fingerprint density at radius 3 is 2.35 bits per heavy atom. The van der Waals surface area contributed by atoms with Crippen LogP contribution in [0.25, 0.3) is 0 Å². The van der Waals surface area contributed by atoms with Gasteiger partial charge in [-0.2, -0.15) is 4.98 Å². The molecule has 8 nitrogen and oxygen atoms in total. The second-order valence-corrected chi connectivity index (χ2v) is 3.41. The van der Waals surface area contributed by atoms with E-state index in [1.54, 1.807) is 0 Å². The van der Waals surface area contributed by atoms with Crippen molar-refractivity contribution >= 4 is 11.8 Å². The van der Waals surface area contributed by atoms with Crippen LogP contribution < -0.4 is 16.6 Å². The SMILES string of the molecule is NNc1ncc(F)c(NC(CO)(CO)CO)n1. The number of hydrazine groups is 1. The summed E-state index contributed by atoms with van der Waals surface area (Å²) >= 11 is 0. The van der Waals surface area contributed by atoms with Gasteiger partial charge in [0.15, 0.2) is 11.6 Å². The van der Waals surface area contributed by atoms with E-state index >= 15 is 0 Å². The van der Waals surface area contributed by atoms with Crippen molar-refractivity contribution in [3.05, 3.63) is 12.0 Å². The number of aromatic nitrogens is 2. The van der Waals surface area contributed by atoms with Gasteiger partial charge in [0.2, 0.25) is 5.95 Å². The number of anilines is 2. The third kappa shape index (κ3) is 2.97. The van der Waals surface area contributed by atoms with Crippen LogP contribution in [0.15, 0.2) is 6.20 Å². The number of hydrogen-bond acceptors (Lipinski definition) is 8. The molecule has 0 aromatic carbocycles. The van der Waals surface area contributed by atoms with Crippen LogP contribution in [0.1, 0.15) is 0 Å². The predicted molar refractivity (Wildman–Crippen MR) is 57.4 cm³/mol. The minimum atomic E-state index is -1.47. The summed E-state index contributed by atoms with van der Waals surface area (Å²) in [6, 6.07) is 0. The quantitative estimate of drug-likeness (QED) is 0.251. The predicted octanol–water partition coefficient (Wildman–Crippen LogP) is -1.97. The molecular formula is C8H14FN5O3. The molecule has 0 fully saturated rings. The summed E-state index contributed by atoms with van der Waals surface area (Å²) in [5, 5.41) is 29.6. The third-order valence-corrected chi connectivity index (χ3v) is 2.16. The van der Waals surface area contributed by atoms with Gasteiger partial charge in [-0.05, 0) is 0 Å². The van der Waals surface area contributed by atoms with Gasteiger partial charge in [0.1, 0.15) is 5.54 Å². The Bertz CT molecular complexity index is 366. The summed E-state index contributed by atoms with van der Waals surface area (Å²) in [7, 11) is 0. The van der Waals surface area contributed by atoms with E-state index in [4.69, 9.17) is 21.2 Å². The molecule has 0 aliphatic carbocycles. The van der Waals surface area contributed by atoms with Crippen molar-refractivity contribution < 1.29 is 19.7 Å². The standard InChI is InChI=1S/C8H14FN5O3/c9-5-1-11-7(14-10)12-6(5)13-8(2-15,3-16)4-17/h1,15-17H,2-4,10H2,(H2,11,12,13,14). The number of rotatable bonds is 6. The van der Waals surface area contributed by atoms with Crippen LogP contribution >= 0.6 is 0 Å². The van der Waals surface area contributed by atoms with E-state index < -0.39 is 31.2 Å². The summed E-state index contributed by atoms with van der Waals surface area (Å²) in [5.74, 6) is 3.92. The molecule has 1 aromatic rings. The number of nitrogen functional groups attached to an aromatic ring is 1. The summed E-state index contributed by atoms with van der Waals surface area (Å²) in [6.45, 7) is -1.81. The molecule has 0 saturated carbocycles. The average Bonchev–Trinajstić information content (AvgIpc) is 2.38. The number of nitrogens with one attached hydrogen (secondary N) is 2. The van der Waals surface area contributed by atoms with Gasteiger partial charge in [-0.3, -0.25) is 5.43 Å². The fourth-order valence-electron chi connectivity index (χ4n) is 1.04. The molecule has 0 saturated heterocycles. The molecule has 17 heavy (non-hydrogen) atoms. The van der Waals surface area contributed by atoms with Crippen molar-refractivity contribution in [2.45, 2.75) is 5.54 Å². The van der Waals surface area contributed by atoms with Gasteiger partial charge in [0.25, 0.3) is 0 Å². The Labute approximate surface area is 96.3 Å². The number of hydrogen-bond donors (Lipinski definition) is 6. The zero-order valence-corrected chi connectivity index (χ0v) is 8.89. The summed E-state index contributed by atoms with van der Waals surface area (Å²) in [4.78, 5) is 7.17. The second-order valence-electron chi connectivity index (χ2n) is 3.41. The summed E-state index contributed by atoms with van der Waals surface area (Å²) in [6.07, 6.45) is 0.863. The fraction of sp³-hybridized carbons (Fsp3) is 0.500.